The molecule has 4 heteroatoms. The standard InChI is InChI=1S/C55H33N3O/c1-3-15-37-32-39(26-24-34(37)12-1)41-30-31-48(45-19-8-7-18-44(41)45)53-56-54(49-22-11-21-47-46-20-9-10-23-50(46)59-52(47)49)58-55(57-53)51-42-17-6-5-14-36(42)28-29-43(51)40-27-25-35-13-2-4-16-38(35)33-40/h1-33H. The molecule has 10 aromatic carbocycles. The van der Waals surface area contributed by atoms with E-state index in [0.717, 1.165) is 82.4 Å². The van der Waals surface area contributed by atoms with Crippen LogP contribution in [0.15, 0.2) is 205 Å². The van der Waals surface area contributed by atoms with E-state index in [1.165, 1.54) is 21.5 Å². The largest absolute Gasteiger partial charge is 0.455 e. The summed E-state index contributed by atoms with van der Waals surface area (Å²) in [7, 11) is 0. The molecule has 0 fully saturated rings. The predicted molar refractivity (Wildman–Crippen MR) is 244 cm³/mol. The molecule has 2 aromatic heterocycles. The van der Waals surface area contributed by atoms with E-state index in [-0.39, 0.29) is 0 Å². The van der Waals surface area contributed by atoms with Gasteiger partial charge in [-0.05, 0) is 95.7 Å². The first-order valence-electron chi connectivity index (χ1n) is 19.9. The van der Waals surface area contributed by atoms with Crippen molar-refractivity contribution in [3.63, 3.8) is 0 Å². The molecule has 0 radical (unpaired) electrons. The molecule has 59 heavy (non-hydrogen) atoms. The van der Waals surface area contributed by atoms with Crippen LogP contribution < -0.4 is 0 Å². The van der Waals surface area contributed by atoms with Crippen molar-refractivity contribution in [2.24, 2.45) is 0 Å². The number of fused-ring (bicyclic) bond motifs is 7. The Balaban J connectivity index is 1.14. The average Bonchev–Trinajstić information content (AvgIpc) is 3.69. The summed E-state index contributed by atoms with van der Waals surface area (Å²) < 4.78 is 6.60. The topological polar surface area (TPSA) is 51.8 Å². The highest BCUT2D eigenvalue weighted by atomic mass is 16.3. The molecule has 0 unspecified atom stereocenters. The van der Waals surface area contributed by atoms with Gasteiger partial charge in [0.25, 0.3) is 0 Å². The van der Waals surface area contributed by atoms with E-state index in [1.807, 2.05) is 18.2 Å². The molecule has 274 valence electrons. The van der Waals surface area contributed by atoms with Crippen molar-refractivity contribution in [3.05, 3.63) is 200 Å². The molecule has 0 aliphatic carbocycles. The Morgan fingerprint density at radius 1 is 0.288 bits per heavy atom. The number of aromatic nitrogens is 3. The quantitative estimate of drug-likeness (QED) is 0.176. The summed E-state index contributed by atoms with van der Waals surface area (Å²) in [5.41, 5.74) is 8.74. The lowest BCUT2D eigenvalue weighted by Crippen LogP contribution is -2.02. The fourth-order valence-electron chi connectivity index (χ4n) is 8.86. The molecule has 12 aromatic rings. The number of hydrogen-bond donors (Lipinski definition) is 0. The first-order chi connectivity index (χ1) is 29.2. The number of nitrogens with zero attached hydrogens (tertiary/aromatic N) is 3. The lowest BCUT2D eigenvalue weighted by molar-refractivity contribution is 0.669. The van der Waals surface area contributed by atoms with E-state index in [1.54, 1.807) is 0 Å². The summed E-state index contributed by atoms with van der Waals surface area (Å²) in [5.74, 6) is 1.74. The third-order valence-electron chi connectivity index (χ3n) is 11.7. The molecule has 12 rings (SSSR count). The van der Waals surface area contributed by atoms with Crippen LogP contribution in [0, 0.1) is 0 Å². The molecule has 0 aliphatic heterocycles. The van der Waals surface area contributed by atoms with Gasteiger partial charge in [0.2, 0.25) is 0 Å². The maximum absolute atomic E-state index is 6.60. The fourth-order valence-corrected chi connectivity index (χ4v) is 8.86. The summed E-state index contributed by atoms with van der Waals surface area (Å²) in [6.07, 6.45) is 0. The lowest BCUT2D eigenvalue weighted by Gasteiger charge is -2.16. The first-order valence-corrected chi connectivity index (χ1v) is 19.9. The van der Waals surface area contributed by atoms with Gasteiger partial charge in [0.15, 0.2) is 17.5 Å². The number of para-hydroxylation sites is 2. The van der Waals surface area contributed by atoms with Gasteiger partial charge in [0.05, 0.1) is 5.56 Å². The van der Waals surface area contributed by atoms with Gasteiger partial charge < -0.3 is 4.42 Å². The monoisotopic (exact) mass is 751 g/mol. The molecule has 0 atom stereocenters. The van der Waals surface area contributed by atoms with Crippen molar-refractivity contribution in [2.45, 2.75) is 0 Å². The maximum atomic E-state index is 6.60. The minimum absolute atomic E-state index is 0.551. The number of furan rings is 1. The van der Waals surface area contributed by atoms with Crippen LogP contribution in [0.1, 0.15) is 0 Å². The second-order valence-corrected chi connectivity index (χ2v) is 15.1. The van der Waals surface area contributed by atoms with Crippen LogP contribution in [0.4, 0.5) is 0 Å². The highest BCUT2D eigenvalue weighted by Crippen LogP contribution is 2.42. The first kappa shape index (κ1) is 33.2. The predicted octanol–water partition coefficient (Wildman–Crippen LogP) is 14.7. The summed E-state index contributed by atoms with van der Waals surface area (Å²) in [6.45, 7) is 0. The van der Waals surface area contributed by atoms with E-state index in [9.17, 15) is 0 Å². The van der Waals surface area contributed by atoms with Crippen molar-refractivity contribution in [2.75, 3.05) is 0 Å². The molecule has 0 amide bonds. The van der Waals surface area contributed by atoms with Crippen LogP contribution in [-0.2, 0) is 0 Å². The third-order valence-corrected chi connectivity index (χ3v) is 11.7. The Bertz CT molecular complexity index is 3640. The second kappa shape index (κ2) is 13.3. The average molecular weight is 752 g/mol. The van der Waals surface area contributed by atoms with E-state index in [4.69, 9.17) is 19.4 Å². The van der Waals surface area contributed by atoms with E-state index < -0.39 is 0 Å². The van der Waals surface area contributed by atoms with Crippen LogP contribution in [0.25, 0.3) is 121 Å². The van der Waals surface area contributed by atoms with Gasteiger partial charge in [-0.2, -0.15) is 0 Å². The Kier molecular flexibility index (Phi) is 7.50. The normalized spacial score (nSPS) is 11.7. The molecule has 0 aliphatic rings. The SMILES string of the molecule is c1ccc2cc(-c3ccc4ccccc4c3-c3nc(-c4ccc(-c5ccc6ccccc6c5)c5ccccc45)nc(-c4cccc5c4oc4ccccc45)n3)ccc2c1. The fraction of sp³-hybridized carbons (Fsp3) is 0. The number of hydrogen-bond acceptors (Lipinski definition) is 4. The van der Waals surface area contributed by atoms with Gasteiger partial charge in [-0.25, -0.2) is 15.0 Å². The van der Waals surface area contributed by atoms with Gasteiger partial charge in [0.1, 0.15) is 11.2 Å². The van der Waals surface area contributed by atoms with Gasteiger partial charge in [-0.15, -0.1) is 0 Å². The number of rotatable bonds is 5. The van der Waals surface area contributed by atoms with Crippen LogP contribution in [0.3, 0.4) is 0 Å². The van der Waals surface area contributed by atoms with Crippen LogP contribution in [-0.4, -0.2) is 15.0 Å². The minimum Gasteiger partial charge on any atom is -0.455 e. The van der Waals surface area contributed by atoms with Crippen molar-refractivity contribution in [3.8, 4) is 56.4 Å². The molecule has 2 heterocycles. The molecule has 0 saturated heterocycles. The van der Waals surface area contributed by atoms with Crippen molar-refractivity contribution < 1.29 is 4.42 Å². The van der Waals surface area contributed by atoms with Crippen LogP contribution >= 0.6 is 0 Å². The molecule has 4 nitrogen and oxygen atoms in total. The Hall–Kier alpha value is -7.95. The lowest BCUT2D eigenvalue weighted by atomic mass is 9.92. The minimum atomic E-state index is 0.551. The zero-order valence-electron chi connectivity index (χ0n) is 31.8. The second-order valence-electron chi connectivity index (χ2n) is 15.1. The highest BCUT2D eigenvalue weighted by Gasteiger charge is 2.22. The molecule has 0 spiro atoms. The van der Waals surface area contributed by atoms with Gasteiger partial charge in [-0.1, -0.05) is 170 Å². The Morgan fingerprint density at radius 3 is 1.51 bits per heavy atom. The molecule has 0 saturated carbocycles. The van der Waals surface area contributed by atoms with E-state index in [2.05, 4.69) is 182 Å². The van der Waals surface area contributed by atoms with Gasteiger partial charge >= 0.3 is 0 Å². The summed E-state index contributed by atoms with van der Waals surface area (Å²) in [6, 6.07) is 70.6. The molecular weight excluding hydrogens is 719 g/mol. The smallest absolute Gasteiger partial charge is 0.167 e. The summed E-state index contributed by atoms with van der Waals surface area (Å²) in [5, 5.41) is 11.3. The zero-order valence-corrected chi connectivity index (χ0v) is 31.8. The van der Waals surface area contributed by atoms with Crippen LogP contribution in [0.2, 0.25) is 0 Å². The number of benzene rings is 10. The molecule has 0 bridgehead atoms. The highest BCUT2D eigenvalue weighted by molar-refractivity contribution is 6.10. The van der Waals surface area contributed by atoms with E-state index >= 15 is 0 Å². The van der Waals surface area contributed by atoms with Gasteiger partial charge in [-0.3, -0.25) is 0 Å². The van der Waals surface area contributed by atoms with Crippen molar-refractivity contribution in [1.82, 2.24) is 15.0 Å². The Labute approximate surface area is 339 Å². The third kappa shape index (κ3) is 5.49. The summed E-state index contributed by atoms with van der Waals surface area (Å²) >= 11 is 0. The van der Waals surface area contributed by atoms with Crippen molar-refractivity contribution >= 4 is 65.0 Å². The van der Waals surface area contributed by atoms with E-state index in [0.29, 0.717) is 17.5 Å². The maximum Gasteiger partial charge on any atom is 0.167 e. The van der Waals surface area contributed by atoms with Crippen molar-refractivity contribution in [1.29, 1.82) is 0 Å². The molecule has 0 N–H and O–H groups in total. The Morgan fingerprint density at radius 2 is 0.780 bits per heavy atom. The molecular formula is C55H33N3O. The van der Waals surface area contributed by atoms with Crippen LogP contribution in [0.5, 0.6) is 0 Å². The summed E-state index contributed by atoms with van der Waals surface area (Å²) in [4.78, 5) is 16.2. The van der Waals surface area contributed by atoms with Gasteiger partial charge in [0, 0.05) is 21.9 Å². The zero-order chi connectivity index (χ0) is 38.9.